The zero-order valence-electron chi connectivity index (χ0n) is 18.0. The van der Waals surface area contributed by atoms with Crippen LogP contribution in [0.4, 0.5) is 4.39 Å². The number of carboxylic acids is 1. The van der Waals surface area contributed by atoms with Crippen molar-refractivity contribution < 1.29 is 23.8 Å². The average Bonchev–Trinajstić information content (AvgIpc) is 2.83. The molecule has 0 radical (unpaired) electrons. The summed E-state index contributed by atoms with van der Waals surface area (Å²) < 4.78 is 19.9. The molecular formula is C26H25FN2O4. The van der Waals surface area contributed by atoms with Crippen molar-refractivity contribution in [2.45, 2.75) is 18.4 Å². The van der Waals surface area contributed by atoms with Crippen LogP contribution in [0.25, 0.3) is 0 Å². The van der Waals surface area contributed by atoms with Crippen LogP contribution in [0, 0.1) is 5.82 Å². The van der Waals surface area contributed by atoms with E-state index in [-0.39, 0.29) is 17.2 Å². The van der Waals surface area contributed by atoms with E-state index in [9.17, 15) is 14.0 Å². The van der Waals surface area contributed by atoms with Gasteiger partial charge in [-0.15, -0.1) is 0 Å². The Bertz CT molecular complexity index is 1150. The molecule has 0 bridgehead atoms. The molecule has 4 rings (SSSR count). The summed E-state index contributed by atoms with van der Waals surface area (Å²) in [5, 5.41) is 15.4. The van der Waals surface area contributed by atoms with Crippen LogP contribution < -0.4 is 15.4 Å². The standard InChI is InChI=1S/C26H25FN2O4/c27-20-10-11-23(33-17-24(30)31)22(16-20)26(21-9-5-4-8-19(21)13-15-29-26)25(32)28-14-12-18-6-2-1-3-7-18/h1-11,16,29H,12-15,17H2,(H,28,32)(H,30,31). The van der Waals surface area contributed by atoms with E-state index < -0.39 is 23.9 Å². The maximum Gasteiger partial charge on any atom is 0.341 e. The van der Waals surface area contributed by atoms with E-state index in [1.54, 1.807) is 0 Å². The van der Waals surface area contributed by atoms with Crippen molar-refractivity contribution in [3.63, 3.8) is 0 Å². The van der Waals surface area contributed by atoms with Gasteiger partial charge in [-0.2, -0.15) is 0 Å². The van der Waals surface area contributed by atoms with Crippen molar-refractivity contribution in [3.8, 4) is 5.75 Å². The van der Waals surface area contributed by atoms with E-state index in [1.807, 2.05) is 54.6 Å². The molecule has 0 saturated carbocycles. The minimum atomic E-state index is -1.43. The van der Waals surface area contributed by atoms with Crippen molar-refractivity contribution in [1.29, 1.82) is 0 Å². The molecule has 1 atom stereocenters. The van der Waals surface area contributed by atoms with Gasteiger partial charge in [-0.3, -0.25) is 10.1 Å². The summed E-state index contributed by atoms with van der Waals surface area (Å²) in [5.41, 5.74) is 1.55. The van der Waals surface area contributed by atoms with E-state index >= 15 is 0 Å². The second-order valence-electron chi connectivity index (χ2n) is 7.90. The van der Waals surface area contributed by atoms with E-state index in [0.29, 0.717) is 31.5 Å². The Balaban J connectivity index is 1.75. The van der Waals surface area contributed by atoms with Crippen LogP contribution in [0.15, 0.2) is 72.8 Å². The minimum absolute atomic E-state index is 0.140. The Hall–Kier alpha value is -3.71. The molecule has 7 heteroatoms. The molecular weight excluding hydrogens is 423 g/mol. The number of benzene rings is 3. The maximum absolute atomic E-state index is 14.5. The Labute approximate surface area is 191 Å². The fraction of sp³-hybridized carbons (Fsp3) is 0.231. The van der Waals surface area contributed by atoms with E-state index in [4.69, 9.17) is 9.84 Å². The lowest BCUT2D eigenvalue weighted by Crippen LogP contribution is -2.58. The summed E-state index contributed by atoms with van der Waals surface area (Å²) in [6.45, 7) is 0.263. The first kappa shape index (κ1) is 22.5. The number of carbonyl (C=O) groups is 2. The van der Waals surface area contributed by atoms with Gasteiger partial charge in [0.1, 0.15) is 11.6 Å². The molecule has 1 aliphatic rings. The molecule has 33 heavy (non-hydrogen) atoms. The third-order valence-electron chi connectivity index (χ3n) is 5.79. The largest absolute Gasteiger partial charge is 0.482 e. The summed E-state index contributed by atoms with van der Waals surface area (Å²) >= 11 is 0. The first-order valence-electron chi connectivity index (χ1n) is 10.8. The molecule has 0 fully saturated rings. The van der Waals surface area contributed by atoms with Crippen LogP contribution in [-0.4, -0.2) is 36.7 Å². The summed E-state index contributed by atoms with van der Waals surface area (Å²) in [5.74, 6) is -1.92. The summed E-state index contributed by atoms with van der Waals surface area (Å²) in [4.78, 5) is 24.9. The Morgan fingerprint density at radius 1 is 1.03 bits per heavy atom. The van der Waals surface area contributed by atoms with Crippen molar-refractivity contribution in [1.82, 2.24) is 10.6 Å². The van der Waals surface area contributed by atoms with Gasteiger partial charge in [-0.05, 0) is 47.7 Å². The Kier molecular flexibility index (Phi) is 6.70. The Morgan fingerprint density at radius 3 is 2.58 bits per heavy atom. The molecule has 1 amide bonds. The number of ether oxygens (including phenoxy) is 1. The summed E-state index contributed by atoms with van der Waals surface area (Å²) in [7, 11) is 0. The second-order valence-corrected chi connectivity index (χ2v) is 7.90. The fourth-order valence-corrected chi connectivity index (χ4v) is 4.31. The van der Waals surface area contributed by atoms with Crippen molar-refractivity contribution in [2.75, 3.05) is 19.7 Å². The van der Waals surface area contributed by atoms with Gasteiger partial charge in [0.05, 0.1) is 0 Å². The van der Waals surface area contributed by atoms with Gasteiger partial charge in [0.2, 0.25) is 5.91 Å². The van der Waals surface area contributed by atoms with Gasteiger partial charge < -0.3 is 15.2 Å². The SMILES string of the molecule is O=C(O)COc1ccc(F)cc1C1(C(=O)NCCc2ccccc2)NCCc2ccccc21. The lowest BCUT2D eigenvalue weighted by molar-refractivity contribution is -0.139. The van der Waals surface area contributed by atoms with Crippen LogP contribution in [0.2, 0.25) is 0 Å². The highest BCUT2D eigenvalue weighted by Gasteiger charge is 2.47. The predicted octanol–water partition coefficient (Wildman–Crippen LogP) is 3.04. The zero-order valence-corrected chi connectivity index (χ0v) is 18.0. The number of nitrogens with one attached hydrogen (secondary N) is 2. The number of halogens is 1. The van der Waals surface area contributed by atoms with Crippen molar-refractivity contribution >= 4 is 11.9 Å². The number of hydrogen-bond acceptors (Lipinski definition) is 4. The van der Waals surface area contributed by atoms with Crippen LogP contribution >= 0.6 is 0 Å². The Morgan fingerprint density at radius 2 is 1.79 bits per heavy atom. The molecule has 1 aliphatic heterocycles. The van der Waals surface area contributed by atoms with Crippen LogP contribution in [0.5, 0.6) is 5.75 Å². The number of carboxylic acid groups (broad SMARTS) is 1. The molecule has 1 heterocycles. The third-order valence-corrected chi connectivity index (χ3v) is 5.79. The summed E-state index contributed by atoms with van der Waals surface area (Å²) in [6.07, 6.45) is 1.34. The lowest BCUT2D eigenvalue weighted by Gasteiger charge is -2.40. The van der Waals surface area contributed by atoms with Crippen molar-refractivity contribution in [2.24, 2.45) is 0 Å². The van der Waals surface area contributed by atoms with Gasteiger partial charge in [-0.25, -0.2) is 9.18 Å². The number of carbonyl (C=O) groups excluding carboxylic acids is 1. The highest BCUT2D eigenvalue weighted by molar-refractivity contribution is 5.93. The molecule has 3 N–H and O–H groups in total. The van der Waals surface area contributed by atoms with Crippen LogP contribution in [0.1, 0.15) is 22.3 Å². The molecule has 0 aromatic heterocycles. The highest BCUT2D eigenvalue weighted by Crippen LogP contribution is 2.40. The smallest absolute Gasteiger partial charge is 0.341 e. The van der Waals surface area contributed by atoms with Crippen LogP contribution in [-0.2, 0) is 28.0 Å². The summed E-state index contributed by atoms with van der Waals surface area (Å²) in [6, 6.07) is 21.1. The van der Waals surface area contributed by atoms with Gasteiger partial charge in [0.15, 0.2) is 12.1 Å². The number of fused-ring (bicyclic) bond motifs is 1. The molecule has 0 saturated heterocycles. The number of aliphatic carboxylic acids is 1. The molecule has 3 aromatic rings. The average molecular weight is 448 g/mol. The number of hydrogen-bond donors (Lipinski definition) is 3. The molecule has 6 nitrogen and oxygen atoms in total. The van der Waals surface area contributed by atoms with Gasteiger partial charge in [0.25, 0.3) is 0 Å². The van der Waals surface area contributed by atoms with Crippen molar-refractivity contribution in [3.05, 3.63) is 101 Å². The number of amides is 1. The highest BCUT2D eigenvalue weighted by atomic mass is 19.1. The van der Waals surface area contributed by atoms with Crippen LogP contribution in [0.3, 0.4) is 0 Å². The minimum Gasteiger partial charge on any atom is -0.482 e. The van der Waals surface area contributed by atoms with E-state index in [0.717, 1.165) is 11.1 Å². The lowest BCUT2D eigenvalue weighted by atomic mass is 9.76. The topological polar surface area (TPSA) is 87.7 Å². The predicted molar refractivity (Wildman–Crippen MR) is 122 cm³/mol. The normalized spacial score (nSPS) is 17.1. The molecule has 3 aromatic carbocycles. The number of rotatable bonds is 8. The molecule has 0 spiro atoms. The van der Waals surface area contributed by atoms with Gasteiger partial charge in [0, 0.05) is 18.7 Å². The van der Waals surface area contributed by atoms with E-state index in [1.165, 1.54) is 18.2 Å². The second kappa shape index (κ2) is 9.83. The quantitative estimate of drug-likeness (QED) is 0.493. The van der Waals surface area contributed by atoms with E-state index in [2.05, 4.69) is 10.6 Å². The van der Waals surface area contributed by atoms with Gasteiger partial charge >= 0.3 is 5.97 Å². The molecule has 1 unspecified atom stereocenters. The maximum atomic E-state index is 14.5. The third kappa shape index (κ3) is 4.73. The monoisotopic (exact) mass is 448 g/mol. The fourth-order valence-electron chi connectivity index (χ4n) is 4.31. The van der Waals surface area contributed by atoms with Gasteiger partial charge in [-0.1, -0.05) is 54.6 Å². The first-order chi connectivity index (χ1) is 16.0. The zero-order chi connectivity index (χ0) is 23.3. The first-order valence-corrected chi connectivity index (χ1v) is 10.8. The molecule has 170 valence electrons. The molecule has 0 aliphatic carbocycles.